The van der Waals surface area contributed by atoms with Gasteiger partial charge in [-0.05, 0) is 55.6 Å². The van der Waals surface area contributed by atoms with Gasteiger partial charge in [0.15, 0.2) is 0 Å². The summed E-state index contributed by atoms with van der Waals surface area (Å²) in [4.78, 5) is 38.4. The van der Waals surface area contributed by atoms with Crippen molar-refractivity contribution in [2.75, 3.05) is 31.1 Å². The first-order valence-corrected chi connectivity index (χ1v) is 11.1. The van der Waals surface area contributed by atoms with Gasteiger partial charge < -0.3 is 9.64 Å². The van der Waals surface area contributed by atoms with Crippen molar-refractivity contribution in [1.29, 1.82) is 0 Å². The van der Waals surface area contributed by atoms with Crippen LogP contribution in [0.4, 0.5) is 22.7 Å². The molecule has 0 fully saturated rings. The quantitative estimate of drug-likeness (QED) is 0.274. The van der Waals surface area contributed by atoms with Gasteiger partial charge in [0.1, 0.15) is 18.0 Å². The zero-order chi connectivity index (χ0) is 25.4. The van der Waals surface area contributed by atoms with Gasteiger partial charge in [-0.1, -0.05) is 32.0 Å². The first-order chi connectivity index (χ1) is 16.8. The van der Waals surface area contributed by atoms with Gasteiger partial charge >= 0.3 is 0 Å². The molecule has 0 aliphatic rings. The van der Waals surface area contributed by atoms with Crippen LogP contribution in [0.3, 0.4) is 0 Å². The Bertz CT molecular complexity index is 1180. The molecule has 0 aliphatic carbocycles. The lowest BCUT2D eigenvalue weighted by Crippen LogP contribution is -2.28. The minimum Gasteiger partial charge on any atom is -0.492 e. The van der Waals surface area contributed by atoms with Crippen LogP contribution in [0.25, 0.3) is 0 Å². The molecule has 182 valence electrons. The molecule has 3 rings (SSSR count). The van der Waals surface area contributed by atoms with E-state index >= 15 is 0 Å². The third kappa shape index (κ3) is 6.18. The minimum atomic E-state index is -0.738. The molecule has 0 saturated heterocycles. The number of nitro benzene ring substituents is 2. The number of carbonyl (C=O) groups excluding carboxylic acids is 1. The van der Waals surface area contributed by atoms with Crippen molar-refractivity contribution in [3.05, 3.63) is 98.6 Å². The van der Waals surface area contributed by atoms with Crippen molar-refractivity contribution >= 4 is 28.7 Å². The molecule has 0 saturated carbocycles. The summed E-state index contributed by atoms with van der Waals surface area (Å²) in [6.45, 7) is 7.25. The molecule has 0 aromatic heterocycles. The number of non-ortho nitro benzene ring substituents is 1. The predicted molar refractivity (Wildman–Crippen MR) is 132 cm³/mol. The van der Waals surface area contributed by atoms with E-state index in [4.69, 9.17) is 4.74 Å². The molecular formula is C25H26N4O6. The second kappa shape index (κ2) is 11.7. The van der Waals surface area contributed by atoms with Gasteiger partial charge in [0.25, 0.3) is 17.3 Å². The average Bonchev–Trinajstić information content (AvgIpc) is 2.88. The first kappa shape index (κ1) is 25.3. The van der Waals surface area contributed by atoms with E-state index in [1.54, 1.807) is 54.6 Å². The summed E-state index contributed by atoms with van der Waals surface area (Å²) in [5, 5.41) is 23.0. The lowest BCUT2D eigenvalue weighted by atomic mass is 10.1. The topological polar surface area (TPSA) is 119 Å². The molecule has 35 heavy (non-hydrogen) atoms. The summed E-state index contributed by atoms with van der Waals surface area (Å²) in [5.41, 5.74) is -0.413. The normalized spacial score (nSPS) is 10.7. The standard InChI is InChI=1S/C25H26N4O6/c1-3-26(4-2)16-17-35-22-13-10-20(11-14-22)27(25(30)19-8-6-5-7-9-19)23-15-12-21(28(31)32)18-24(23)29(33)34/h5-15,18H,3-4,16-17H2,1-2H3. The van der Waals surface area contributed by atoms with E-state index in [0.717, 1.165) is 31.8 Å². The highest BCUT2D eigenvalue weighted by atomic mass is 16.6. The summed E-state index contributed by atoms with van der Waals surface area (Å²) >= 11 is 0. The van der Waals surface area contributed by atoms with Crippen molar-refractivity contribution in [2.24, 2.45) is 0 Å². The van der Waals surface area contributed by atoms with E-state index in [9.17, 15) is 25.0 Å². The molecule has 0 unspecified atom stereocenters. The van der Waals surface area contributed by atoms with Gasteiger partial charge in [0.2, 0.25) is 0 Å². The van der Waals surface area contributed by atoms with Crippen LogP contribution in [-0.4, -0.2) is 46.9 Å². The van der Waals surface area contributed by atoms with Crippen molar-refractivity contribution < 1.29 is 19.4 Å². The highest BCUT2D eigenvalue weighted by Crippen LogP contribution is 2.37. The second-order valence-corrected chi connectivity index (χ2v) is 7.56. The number of carbonyl (C=O) groups is 1. The monoisotopic (exact) mass is 478 g/mol. The summed E-state index contributed by atoms with van der Waals surface area (Å²) in [6.07, 6.45) is 0. The molecule has 3 aromatic rings. The van der Waals surface area contributed by atoms with Gasteiger partial charge in [-0.3, -0.25) is 29.9 Å². The molecule has 0 radical (unpaired) electrons. The molecule has 10 nitrogen and oxygen atoms in total. The van der Waals surface area contributed by atoms with Crippen molar-refractivity contribution in [3.63, 3.8) is 0 Å². The van der Waals surface area contributed by atoms with Crippen LogP contribution in [0.5, 0.6) is 5.75 Å². The van der Waals surface area contributed by atoms with Gasteiger partial charge in [-0.2, -0.15) is 0 Å². The molecular weight excluding hydrogens is 452 g/mol. The van der Waals surface area contributed by atoms with Crippen LogP contribution < -0.4 is 9.64 Å². The Morgan fingerprint density at radius 3 is 2.11 bits per heavy atom. The third-order valence-electron chi connectivity index (χ3n) is 5.50. The van der Waals surface area contributed by atoms with Gasteiger partial charge in [-0.15, -0.1) is 0 Å². The average molecular weight is 479 g/mol. The maximum atomic E-state index is 13.5. The van der Waals surface area contributed by atoms with Crippen LogP contribution in [0.15, 0.2) is 72.8 Å². The largest absolute Gasteiger partial charge is 0.492 e. The van der Waals surface area contributed by atoms with E-state index in [2.05, 4.69) is 18.7 Å². The maximum Gasteiger partial charge on any atom is 0.300 e. The lowest BCUT2D eigenvalue weighted by molar-refractivity contribution is -0.393. The van der Waals surface area contributed by atoms with Crippen molar-refractivity contribution in [3.8, 4) is 5.75 Å². The number of likely N-dealkylation sites (N-methyl/N-ethyl adjacent to an activating group) is 1. The zero-order valence-electron chi connectivity index (χ0n) is 19.5. The molecule has 1 amide bonds. The van der Waals surface area contributed by atoms with Crippen LogP contribution in [0.2, 0.25) is 0 Å². The Morgan fingerprint density at radius 1 is 0.886 bits per heavy atom. The highest BCUT2D eigenvalue weighted by molar-refractivity contribution is 6.12. The minimum absolute atomic E-state index is 0.0790. The van der Waals surface area contributed by atoms with Crippen molar-refractivity contribution in [2.45, 2.75) is 13.8 Å². The number of nitrogens with zero attached hydrogens (tertiary/aromatic N) is 4. The zero-order valence-corrected chi connectivity index (χ0v) is 19.5. The van der Waals surface area contributed by atoms with E-state index in [-0.39, 0.29) is 5.69 Å². The predicted octanol–water partition coefficient (Wildman–Crippen LogP) is 5.20. The summed E-state index contributed by atoms with van der Waals surface area (Å²) < 4.78 is 5.80. The first-order valence-electron chi connectivity index (χ1n) is 11.1. The number of rotatable bonds is 11. The van der Waals surface area contributed by atoms with Gasteiger partial charge in [0, 0.05) is 23.9 Å². The number of hydrogen-bond acceptors (Lipinski definition) is 7. The number of nitro groups is 2. The maximum absolute atomic E-state index is 13.5. The van der Waals surface area contributed by atoms with E-state index in [0.29, 0.717) is 23.6 Å². The molecule has 0 heterocycles. The molecule has 0 N–H and O–H groups in total. The fraction of sp³-hybridized carbons (Fsp3) is 0.240. The Hall–Kier alpha value is -4.31. The van der Waals surface area contributed by atoms with Gasteiger partial charge in [-0.25, -0.2) is 0 Å². The summed E-state index contributed by atoms with van der Waals surface area (Å²) in [7, 11) is 0. The Balaban J connectivity index is 1.99. The third-order valence-corrected chi connectivity index (χ3v) is 5.50. The summed E-state index contributed by atoms with van der Waals surface area (Å²) in [6, 6.07) is 18.1. The fourth-order valence-corrected chi connectivity index (χ4v) is 3.56. The number of ether oxygens (including phenoxy) is 1. The highest BCUT2D eigenvalue weighted by Gasteiger charge is 2.29. The van der Waals surface area contributed by atoms with Crippen LogP contribution in [-0.2, 0) is 0 Å². The summed E-state index contributed by atoms with van der Waals surface area (Å²) in [5.74, 6) is 0.0731. The van der Waals surface area contributed by atoms with Gasteiger partial charge in [0.05, 0.1) is 15.9 Å². The van der Waals surface area contributed by atoms with E-state index in [1.807, 2.05) is 0 Å². The van der Waals surface area contributed by atoms with Crippen molar-refractivity contribution in [1.82, 2.24) is 4.90 Å². The number of benzene rings is 3. The number of anilines is 2. The van der Waals surface area contributed by atoms with E-state index in [1.165, 1.54) is 11.0 Å². The van der Waals surface area contributed by atoms with Crippen LogP contribution in [0.1, 0.15) is 24.2 Å². The number of amides is 1. The Kier molecular flexibility index (Phi) is 8.47. The molecule has 0 aliphatic heterocycles. The second-order valence-electron chi connectivity index (χ2n) is 7.56. The molecule has 0 bridgehead atoms. The lowest BCUT2D eigenvalue weighted by Gasteiger charge is -2.23. The smallest absolute Gasteiger partial charge is 0.300 e. The van der Waals surface area contributed by atoms with E-state index < -0.39 is 27.1 Å². The van der Waals surface area contributed by atoms with Crippen LogP contribution >= 0.6 is 0 Å². The number of hydrogen-bond donors (Lipinski definition) is 0. The molecule has 0 spiro atoms. The SMILES string of the molecule is CCN(CC)CCOc1ccc(N(C(=O)c2ccccc2)c2ccc([N+](=O)[O-])cc2[N+](=O)[O-])cc1. The Labute approximate surface area is 202 Å². The Morgan fingerprint density at radius 2 is 1.54 bits per heavy atom. The molecule has 10 heteroatoms. The van der Waals surface area contributed by atoms with Crippen LogP contribution in [0, 0.1) is 20.2 Å². The molecule has 3 aromatic carbocycles. The fourth-order valence-electron chi connectivity index (χ4n) is 3.56. The molecule has 0 atom stereocenters.